The molecule has 1 atom stereocenters. The van der Waals surface area contributed by atoms with E-state index in [9.17, 15) is 4.79 Å². The van der Waals surface area contributed by atoms with Gasteiger partial charge in [0.15, 0.2) is 0 Å². The van der Waals surface area contributed by atoms with Gasteiger partial charge in [-0.1, -0.05) is 6.92 Å². The summed E-state index contributed by atoms with van der Waals surface area (Å²) in [4.78, 5) is 13.6. The van der Waals surface area contributed by atoms with Crippen LogP contribution in [-0.4, -0.2) is 49.8 Å². The lowest BCUT2D eigenvalue weighted by atomic mass is 10.1. The van der Waals surface area contributed by atoms with Gasteiger partial charge >= 0.3 is 6.03 Å². The zero-order valence-corrected chi connectivity index (χ0v) is 9.37. The van der Waals surface area contributed by atoms with Crippen molar-refractivity contribution in [2.45, 2.75) is 25.8 Å². The zero-order valence-electron chi connectivity index (χ0n) is 9.37. The summed E-state index contributed by atoms with van der Waals surface area (Å²) in [6.07, 6.45) is 1.76. The molecule has 2 amide bonds. The van der Waals surface area contributed by atoms with Crippen molar-refractivity contribution >= 4 is 6.03 Å². The summed E-state index contributed by atoms with van der Waals surface area (Å²) in [6.45, 7) is 5.32. The first-order valence-electron chi connectivity index (χ1n) is 5.61. The van der Waals surface area contributed by atoms with Crippen LogP contribution in [0.25, 0.3) is 0 Å². The molecule has 0 aromatic heterocycles. The lowest BCUT2D eigenvalue weighted by Crippen LogP contribution is -2.49. The van der Waals surface area contributed by atoms with Crippen molar-refractivity contribution in [3.05, 3.63) is 0 Å². The highest BCUT2D eigenvalue weighted by Gasteiger charge is 2.18. The number of nitrogens with zero attached hydrogens (tertiary/aromatic N) is 1. The van der Waals surface area contributed by atoms with Gasteiger partial charge in [0.1, 0.15) is 0 Å². The summed E-state index contributed by atoms with van der Waals surface area (Å²) in [5.74, 6) is 0. The maximum Gasteiger partial charge on any atom is 0.317 e. The summed E-state index contributed by atoms with van der Waals surface area (Å²) < 4.78 is 5.19. The molecule has 1 heterocycles. The van der Waals surface area contributed by atoms with Gasteiger partial charge in [-0.15, -0.1) is 0 Å². The second kappa shape index (κ2) is 6.63. The van der Waals surface area contributed by atoms with Crippen LogP contribution in [-0.2, 0) is 4.74 Å². The van der Waals surface area contributed by atoms with Gasteiger partial charge in [-0.25, -0.2) is 4.79 Å². The molecule has 3 N–H and O–H groups in total. The third kappa shape index (κ3) is 4.05. The summed E-state index contributed by atoms with van der Waals surface area (Å²) in [6, 6.07) is 0.212. The maximum absolute atomic E-state index is 11.8. The number of rotatable bonds is 4. The molecule has 1 aliphatic heterocycles. The number of nitrogens with one attached hydrogen (secondary N) is 1. The molecule has 0 bridgehead atoms. The van der Waals surface area contributed by atoms with E-state index in [1.54, 1.807) is 4.90 Å². The summed E-state index contributed by atoms with van der Waals surface area (Å²) in [5, 5.41) is 2.99. The Hall–Kier alpha value is -0.810. The third-order valence-electron chi connectivity index (χ3n) is 2.63. The van der Waals surface area contributed by atoms with Gasteiger partial charge in [0, 0.05) is 19.1 Å². The Morgan fingerprint density at radius 3 is 2.73 bits per heavy atom. The van der Waals surface area contributed by atoms with E-state index in [-0.39, 0.29) is 12.1 Å². The minimum atomic E-state index is 0.0126. The Morgan fingerprint density at radius 1 is 1.53 bits per heavy atom. The molecule has 15 heavy (non-hydrogen) atoms. The Morgan fingerprint density at radius 2 is 2.20 bits per heavy atom. The van der Waals surface area contributed by atoms with Crippen LogP contribution in [0.1, 0.15) is 19.8 Å². The first-order valence-corrected chi connectivity index (χ1v) is 5.61. The highest BCUT2D eigenvalue weighted by molar-refractivity contribution is 5.74. The van der Waals surface area contributed by atoms with Gasteiger partial charge in [0.05, 0.1) is 13.2 Å². The molecule has 1 rings (SSSR count). The Bertz CT molecular complexity index is 193. The van der Waals surface area contributed by atoms with Crippen LogP contribution in [0.4, 0.5) is 4.79 Å². The predicted molar refractivity (Wildman–Crippen MR) is 58.7 cm³/mol. The largest absolute Gasteiger partial charge is 0.378 e. The number of nitrogens with two attached hydrogens (primary N) is 1. The number of ether oxygens (including phenoxy) is 1. The van der Waals surface area contributed by atoms with Crippen molar-refractivity contribution < 1.29 is 9.53 Å². The van der Waals surface area contributed by atoms with E-state index in [4.69, 9.17) is 10.5 Å². The Balaban J connectivity index is 2.31. The second-order valence-electron chi connectivity index (χ2n) is 3.73. The number of hydrogen-bond acceptors (Lipinski definition) is 3. The number of carbonyl (C=O) groups excluding carboxylic acids is 1. The van der Waals surface area contributed by atoms with Gasteiger partial charge < -0.3 is 20.7 Å². The molecular weight excluding hydrogens is 194 g/mol. The molecule has 5 nitrogen and oxygen atoms in total. The van der Waals surface area contributed by atoms with Gasteiger partial charge in [0.25, 0.3) is 0 Å². The number of urea groups is 1. The fourth-order valence-electron chi connectivity index (χ4n) is 1.61. The Labute approximate surface area is 90.9 Å². The first-order chi connectivity index (χ1) is 7.27. The van der Waals surface area contributed by atoms with Gasteiger partial charge in [-0.05, 0) is 19.4 Å². The number of morpholine rings is 1. The molecule has 0 aromatic rings. The topological polar surface area (TPSA) is 67.6 Å². The van der Waals surface area contributed by atoms with Crippen molar-refractivity contribution in [1.29, 1.82) is 0 Å². The highest BCUT2D eigenvalue weighted by atomic mass is 16.5. The van der Waals surface area contributed by atoms with Crippen LogP contribution >= 0.6 is 0 Å². The minimum Gasteiger partial charge on any atom is -0.378 e. The quantitative estimate of drug-likeness (QED) is 0.701. The SMILES string of the molecule is CCC(CCN)NC(=O)N1CCOCC1. The lowest BCUT2D eigenvalue weighted by Gasteiger charge is -2.29. The molecule has 88 valence electrons. The Kier molecular flexibility index (Phi) is 5.42. The number of hydrogen-bond donors (Lipinski definition) is 2. The van der Waals surface area contributed by atoms with Crippen LogP contribution in [0.5, 0.6) is 0 Å². The van der Waals surface area contributed by atoms with E-state index >= 15 is 0 Å². The third-order valence-corrected chi connectivity index (χ3v) is 2.63. The molecule has 0 spiro atoms. The average molecular weight is 215 g/mol. The van der Waals surface area contributed by atoms with Crippen molar-refractivity contribution in [2.75, 3.05) is 32.8 Å². The monoisotopic (exact) mass is 215 g/mol. The summed E-state index contributed by atoms with van der Waals surface area (Å²) in [5.41, 5.74) is 5.47. The standard InChI is InChI=1S/C10H21N3O2/c1-2-9(3-4-11)12-10(14)13-5-7-15-8-6-13/h9H,2-8,11H2,1H3,(H,12,14). The molecule has 1 aliphatic rings. The molecule has 0 radical (unpaired) electrons. The van der Waals surface area contributed by atoms with Gasteiger partial charge in [-0.2, -0.15) is 0 Å². The average Bonchev–Trinajstić information content (AvgIpc) is 2.29. The fraction of sp³-hybridized carbons (Fsp3) is 0.900. The van der Waals surface area contributed by atoms with Crippen molar-refractivity contribution in [3.8, 4) is 0 Å². The molecule has 1 saturated heterocycles. The normalized spacial score (nSPS) is 18.7. The van der Waals surface area contributed by atoms with Crippen molar-refractivity contribution in [1.82, 2.24) is 10.2 Å². The van der Waals surface area contributed by atoms with Crippen LogP contribution in [0.2, 0.25) is 0 Å². The highest BCUT2D eigenvalue weighted by Crippen LogP contribution is 2.01. The van der Waals surface area contributed by atoms with Crippen LogP contribution in [0.3, 0.4) is 0 Å². The molecule has 5 heteroatoms. The smallest absolute Gasteiger partial charge is 0.317 e. The molecule has 0 aliphatic carbocycles. The van der Waals surface area contributed by atoms with Crippen molar-refractivity contribution in [3.63, 3.8) is 0 Å². The van der Waals surface area contributed by atoms with E-state index in [1.807, 2.05) is 0 Å². The van der Waals surface area contributed by atoms with Crippen LogP contribution in [0, 0.1) is 0 Å². The fourth-order valence-corrected chi connectivity index (χ4v) is 1.61. The van der Waals surface area contributed by atoms with Crippen LogP contribution < -0.4 is 11.1 Å². The first kappa shape index (κ1) is 12.3. The molecule has 1 unspecified atom stereocenters. The van der Waals surface area contributed by atoms with E-state index in [1.165, 1.54) is 0 Å². The van der Waals surface area contributed by atoms with Gasteiger partial charge in [-0.3, -0.25) is 0 Å². The van der Waals surface area contributed by atoms with E-state index < -0.39 is 0 Å². The second-order valence-corrected chi connectivity index (χ2v) is 3.73. The molecule has 0 saturated carbocycles. The number of carbonyl (C=O) groups is 1. The molecular formula is C10H21N3O2. The van der Waals surface area contributed by atoms with E-state index in [0.717, 1.165) is 12.8 Å². The molecule has 1 fully saturated rings. The zero-order chi connectivity index (χ0) is 11.1. The summed E-state index contributed by atoms with van der Waals surface area (Å²) in [7, 11) is 0. The van der Waals surface area contributed by atoms with Crippen molar-refractivity contribution in [2.24, 2.45) is 5.73 Å². The number of amides is 2. The van der Waals surface area contributed by atoms with Crippen LogP contribution in [0.15, 0.2) is 0 Å². The summed E-state index contributed by atoms with van der Waals surface area (Å²) >= 11 is 0. The van der Waals surface area contributed by atoms with Gasteiger partial charge in [0.2, 0.25) is 0 Å². The lowest BCUT2D eigenvalue weighted by molar-refractivity contribution is 0.0524. The minimum absolute atomic E-state index is 0.0126. The maximum atomic E-state index is 11.8. The van der Waals surface area contributed by atoms with E-state index in [2.05, 4.69) is 12.2 Å². The predicted octanol–water partition coefficient (Wildman–Crippen LogP) is 0.156. The molecule has 0 aromatic carbocycles. The van der Waals surface area contributed by atoms with E-state index in [0.29, 0.717) is 32.8 Å².